The van der Waals surface area contributed by atoms with Crippen LogP contribution in [0.4, 0.5) is 5.69 Å². The van der Waals surface area contributed by atoms with Gasteiger partial charge in [-0.05, 0) is 63.7 Å². The molecule has 2 bridgehead atoms. The number of hydrogen-bond donors (Lipinski definition) is 1. The number of para-hydroxylation sites is 2. The number of halogens is 2. The van der Waals surface area contributed by atoms with Gasteiger partial charge in [-0.25, -0.2) is 0 Å². The van der Waals surface area contributed by atoms with E-state index < -0.39 is 5.41 Å². The van der Waals surface area contributed by atoms with E-state index in [0.717, 1.165) is 22.2 Å². The van der Waals surface area contributed by atoms with Crippen molar-refractivity contribution in [1.29, 1.82) is 0 Å². The van der Waals surface area contributed by atoms with Gasteiger partial charge in [0, 0.05) is 47.2 Å². The summed E-state index contributed by atoms with van der Waals surface area (Å²) in [5, 5.41) is 13.1. The summed E-state index contributed by atoms with van der Waals surface area (Å²) in [6, 6.07) is 47.8. The van der Waals surface area contributed by atoms with Gasteiger partial charge in [-0.2, -0.15) is 0 Å². The van der Waals surface area contributed by atoms with Crippen LogP contribution in [0.25, 0.3) is 10.9 Å². The Labute approximate surface area is 294 Å². The molecular formula is C41H29Cl2CrN3O. The zero-order valence-electron chi connectivity index (χ0n) is 25.6. The number of hydrogen-bond acceptors (Lipinski definition) is 4. The number of aliphatic imine (C=N–C) groups is 1. The van der Waals surface area contributed by atoms with Crippen LogP contribution in [0.5, 0.6) is 5.75 Å². The van der Waals surface area contributed by atoms with Gasteiger partial charge in [0.2, 0.25) is 0 Å². The molecule has 0 saturated heterocycles. The first kappa shape index (κ1) is 31.8. The summed E-state index contributed by atoms with van der Waals surface area (Å²) < 4.78 is 0. The van der Waals surface area contributed by atoms with Gasteiger partial charge in [-0.1, -0.05) is 109 Å². The number of pyridine rings is 2. The van der Waals surface area contributed by atoms with E-state index in [9.17, 15) is 5.11 Å². The summed E-state index contributed by atoms with van der Waals surface area (Å²) >= 11 is -0.181. The molecule has 2 heterocycles. The van der Waals surface area contributed by atoms with Crippen molar-refractivity contribution in [2.75, 3.05) is 0 Å². The fourth-order valence-electron chi connectivity index (χ4n) is 7.26. The van der Waals surface area contributed by atoms with Gasteiger partial charge in [0.05, 0.1) is 16.6 Å². The third-order valence-corrected chi connectivity index (χ3v) is 9.02. The van der Waals surface area contributed by atoms with E-state index in [1.807, 2.05) is 60.7 Å². The monoisotopic (exact) mass is 701 g/mol. The quantitative estimate of drug-likeness (QED) is 0.187. The van der Waals surface area contributed by atoms with Crippen LogP contribution < -0.4 is 0 Å². The molecular weight excluding hydrogens is 673 g/mol. The van der Waals surface area contributed by atoms with Gasteiger partial charge in [-0.3, -0.25) is 15.0 Å². The zero-order chi connectivity index (χ0) is 32.9. The molecule has 0 radical (unpaired) electrons. The molecule has 2 aromatic heterocycles. The van der Waals surface area contributed by atoms with E-state index >= 15 is 0 Å². The van der Waals surface area contributed by atoms with Crippen LogP contribution in [0, 0.1) is 0 Å². The molecule has 4 nitrogen and oxygen atoms in total. The molecule has 7 heteroatoms. The number of phenols is 1. The Morgan fingerprint density at radius 3 is 1.71 bits per heavy atom. The molecule has 0 amide bonds. The molecule has 7 aromatic rings. The smallest absolute Gasteiger partial charge is 0.0267 e. The van der Waals surface area contributed by atoms with Crippen molar-refractivity contribution in [1.82, 2.24) is 9.97 Å². The summed E-state index contributed by atoms with van der Waals surface area (Å²) in [4.78, 5) is 13.1. The Balaban J connectivity index is 0.000000358. The number of nitrogens with zero attached hydrogens (tertiary/aromatic N) is 3. The van der Waals surface area contributed by atoms with Crippen LogP contribution in [0.15, 0.2) is 163 Å². The topological polar surface area (TPSA) is 58.4 Å². The number of fused-ring (bicyclic) bond motifs is 1. The average molecular weight is 703 g/mol. The maximum absolute atomic E-state index is 12.0. The summed E-state index contributed by atoms with van der Waals surface area (Å²) in [5.41, 5.74) is 10.1. The molecule has 0 saturated carbocycles. The third kappa shape index (κ3) is 5.50. The maximum Gasteiger partial charge on any atom is 0.0267 e. The van der Waals surface area contributed by atoms with Gasteiger partial charge >= 0.3 is 33.5 Å². The van der Waals surface area contributed by atoms with E-state index in [4.69, 9.17) is 25.1 Å². The van der Waals surface area contributed by atoms with Crippen molar-refractivity contribution in [2.24, 2.45) is 4.99 Å². The van der Waals surface area contributed by atoms with Gasteiger partial charge in [0.25, 0.3) is 0 Å². The first-order valence-corrected chi connectivity index (χ1v) is 18.9. The molecule has 48 heavy (non-hydrogen) atoms. The second kappa shape index (κ2) is 14.2. The van der Waals surface area contributed by atoms with Gasteiger partial charge in [-0.15, -0.1) is 0 Å². The van der Waals surface area contributed by atoms with Crippen molar-refractivity contribution >= 4 is 42.9 Å². The molecule has 3 aliphatic carbocycles. The van der Waals surface area contributed by atoms with Gasteiger partial charge in [0.15, 0.2) is 0 Å². The second-order valence-corrected chi connectivity index (χ2v) is 13.5. The Kier molecular flexibility index (Phi) is 9.39. The van der Waals surface area contributed by atoms with Crippen LogP contribution in [0.2, 0.25) is 0 Å². The second-order valence-electron chi connectivity index (χ2n) is 11.4. The number of phenolic OH excluding ortho intramolecular Hbond substituents is 1. The predicted octanol–water partition coefficient (Wildman–Crippen LogP) is 10.3. The van der Waals surface area contributed by atoms with Gasteiger partial charge in [0.1, 0.15) is 5.75 Å². The molecule has 0 fully saturated rings. The van der Waals surface area contributed by atoms with Crippen LogP contribution in [0.3, 0.4) is 0 Å². The van der Waals surface area contributed by atoms with Gasteiger partial charge < -0.3 is 5.11 Å². The molecule has 3 aliphatic rings. The predicted molar refractivity (Wildman–Crippen MR) is 192 cm³/mol. The molecule has 0 aliphatic heterocycles. The Morgan fingerprint density at radius 1 is 0.604 bits per heavy atom. The van der Waals surface area contributed by atoms with E-state index in [2.05, 4.69) is 88.8 Å². The molecule has 1 N–H and O–H groups in total. The van der Waals surface area contributed by atoms with Crippen molar-refractivity contribution in [3.63, 3.8) is 0 Å². The summed E-state index contributed by atoms with van der Waals surface area (Å²) in [6.07, 6.45) is 7.04. The van der Waals surface area contributed by atoms with E-state index in [0.29, 0.717) is 5.56 Å². The van der Waals surface area contributed by atoms with Crippen LogP contribution in [0.1, 0.15) is 50.4 Å². The first-order valence-electron chi connectivity index (χ1n) is 15.4. The fourth-order valence-corrected chi connectivity index (χ4v) is 7.26. The standard InChI is InChI=1S/C36H24N2O.C5H5N.2ClH.Cr/c39-35-24(22-38-32-20-8-10-23-12-9-21-37-34(23)32)11-7-19-31(35)36-28-16-4-1-13-25(28)33(26-14-2-5-17-29(26)36)27-15-3-6-18-30(27)36;1-2-4-6-5-3-1;;;/h1-22,33,39H;1-5H;2*1H;/q;;;;+2/p-2. The number of aromatic hydroxyl groups is 1. The fraction of sp³-hybridized carbons (Fsp3) is 0.0488. The summed E-state index contributed by atoms with van der Waals surface area (Å²) in [7, 11) is 9.65. The normalized spacial score (nSPS) is 16.5. The van der Waals surface area contributed by atoms with Crippen molar-refractivity contribution in [2.45, 2.75) is 11.3 Å². The Morgan fingerprint density at radius 2 is 1.15 bits per heavy atom. The average Bonchev–Trinajstić information content (AvgIpc) is 3.15. The minimum atomic E-state index is -0.631. The summed E-state index contributed by atoms with van der Waals surface area (Å²) in [5.74, 6) is 0.426. The summed E-state index contributed by atoms with van der Waals surface area (Å²) in [6.45, 7) is 0. The number of aromatic nitrogens is 2. The van der Waals surface area contributed by atoms with Crippen LogP contribution in [-0.2, 0) is 18.8 Å². The largest absolute Gasteiger partial charge is 0.265 e. The third-order valence-electron chi connectivity index (χ3n) is 9.02. The van der Waals surface area contributed by atoms with E-state index in [1.54, 1.807) is 24.8 Å². The van der Waals surface area contributed by atoms with Crippen LogP contribution >= 0.6 is 20.1 Å². The SMILES string of the molecule is Oc1c(C=Nc2cccc3cccnc23)cccc1C12c3ccccc3C(c3ccccc31)c1ccccc12.[Cl][Cr][Cl].c1ccncc1. The number of rotatable bonds is 3. The molecule has 0 unspecified atom stereocenters. The van der Waals surface area contributed by atoms with Crippen molar-refractivity contribution in [3.05, 3.63) is 203 Å². The van der Waals surface area contributed by atoms with Crippen molar-refractivity contribution in [3.8, 4) is 5.75 Å². The molecule has 5 aromatic carbocycles. The molecule has 0 spiro atoms. The number of benzene rings is 5. The van der Waals surface area contributed by atoms with E-state index in [1.165, 1.54) is 33.4 Å². The molecule has 0 atom stereocenters. The maximum atomic E-state index is 12.0. The zero-order valence-corrected chi connectivity index (χ0v) is 28.4. The van der Waals surface area contributed by atoms with Crippen LogP contribution in [-0.4, -0.2) is 21.3 Å². The Bertz CT molecular complexity index is 2090. The van der Waals surface area contributed by atoms with E-state index in [-0.39, 0.29) is 25.0 Å². The molecule has 10 rings (SSSR count). The minimum absolute atomic E-state index is 0.181. The molecule has 234 valence electrons. The van der Waals surface area contributed by atoms with Crippen molar-refractivity contribution < 1.29 is 18.5 Å². The minimum Gasteiger partial charge on any atom is -0.265 e. The Hall–Kier alpha value is -4.76. The first-order chi connectivity index (χ1) is 23.7.